The first kappa shape index (κ1) is 15.9. The maximum atomic E-state index is 12.9. The lowest BCUT2D eigenvalue weighted by atomic mass is 9.94. The van der Waals surface area contributed by atoms with Crippen molar-refractivity contribution in [2.75, 3.05) is 25.2 Å². The number of nitrogen functional groups attached to an aromatic ring is 2. The molecule has 0 fully saturated rings. The number of methoxy groups -OCH3 is 1. The summed E-state index contributed by atoms with van der Waals surface area (Å²) in [5, 5.41) is 0. The van der Waals surface area contributed by atoms with E-state index in [4.69, 9.17) is 20.9 Å². The molecule has 0 unspecified atom stereocenters. The molecule has 0 amide bonds. The molecule has 0 radical (unpaired) electrons. The number of Topliss-reactive ketones (excluding diaryl/α,β-unsaturated/α-hetero) is 1. The highest BCUT2D eigenvalue weighted by atomic mass is 16.5. The van der Waals surface area contributed by atoms with Gasteiger partial charge in [-0.3, -0.25) is 4.79 Å². The maximum absolute atomic E-state index is 12.9. The van der Waals surface area contributed by atoms with Crippen LogP contribution >= 0.6 is 0 Å². The maximum Gasteiger partial charge on any atom is 0.189 e. The molecule has 0 aliphatic carbocycles. The molecule has 0 saturated carbocycles. The second kappa shape index (κ2) is 6.66. The molecular weight excluding hydrogens is 304 g/mol. The van der Waals surface area contributed by atoms with E-state index in [2.05, 4.69) is 0 Å². The molecule has 4 N–H and O–H groups in total. The van der Waals surface area contributed by atoms with Crippen molar-refractivity contribution in [3.8, 4) is 11.5 Å². The van der Waals surface area contributed by atoms with Crippen molar-refractivity contribution >= 4 is 17.2 Å². The van der Waals surface area contributed by atoms with Crippen LogP contribution in [0.15, 0.2) is 48.0 Å². The number of para-hydroxylation sites is 1. The van der Waals surface area contributed by atoms with E-state index in [9.17, 15) is 4.79 Å². The molecule has 0 aromatic heterocycles. The molecule has 1 heterocycles. The molecule has 2 aromatic rings. The minimum Gasteiger partial charge on any atom is -0.493 e. The molecule has 0 bridgehead atoms. The third-order valence-corrected chi connectivity index (χ3v) is 4.02. The highest BCUT2D eigenvalue weighted by molar-refractivity contribution is 6.10. The predicted octanol–water partition coefficient (Wildman–Crippen LogP) is 2.99. The quantitative estimate of drug-likeness (QED) is 0.669. The summed E-state index contributed by atoms with van der Waals surface area (Å²) in [5.41, 5.74) is 14.8. The summed E-state index contributed by atoms with van der Waals surface area (Å²) >= 11 is 0. The number of allylic oxidation sites excluding steroid dienone is 1. The SMILES string of the molecule is COc1c(N)cc(C(=O)/C2=C\CCOc3ccccc3C2)cc1N. The van der Waals surface area contributed by atoms with Gasteiger partial charge in [-0.05, 0) is 23.8 Å². The molecule has 5 heteroatoms. The fourth-order valence-electron chi connectivity index (χ4n) is 2.87. The van der Waals surface area contributed by atoms with E-state index >= 15 is 0 Å². The number of fused-ring (bicyclic) bond motifs is 1. The Morgan fingerprint density at radius 2 is 1.88 bits per heavy atom. The van der Waals surface area contributed by atoms with E-state index in [1.807, 2.05) is 30.3 Å². The van der Waals surface area contributed by atoms with Crippen molar-refractivity contribution in [1.29, 1.82) is 0 Å². The van der Waals surface area contributed by atoms with Crippen LogP contribution in [0.3, 0.4) is 0 Å². The van der Waals surface area contributed by atoms with Crippen LogP contribution in [0.25, 0.3) is 0 Å². The Morgan fingerprint density at radius 1 is 1.17 bits per heavy atom. The third-order valence-electron chi connectivity index (χ3n) is 4.02. The molecule has 0 saturated heterocycles. The van der Waals surface area contributed by atoms with Crippen LogP contribution < -0.4 is 20.9 Å². The zero-order valence-electron chi connectivity index (χ0n) is 13.5. The van der Waals surface area contributed by atoms with Crippen molar-refractivity contribution in [1.82, 2.24) is 0 Å². The van der Waals surface area contributed by atoms with Crippen molar-refractivity contribution < 1.29 is 14.3 Å². The number of hydrogen-bond acceptors (Lipinski definition) is 5. The second-order valence-corrected chi connectivity index (χ2v) is 5.67. The van der Waals surface area contributed by atoms with Gasteiger partial charge in [0, 0.05) is 24.0 Å². The van der Waals surface area contributed by atoms with E-state index in [1.165, 1.54) is 7.11 Å². The Labute approximate surface area is 140 Å². The van der Waals surface area contributed by atoms with E-state index in [-0.39, 0.29) is 5.78 Å². The first-order valence-corrected chi connectivity index (χ1v) is 7.77. The Bertz CT molecular complexity index is 789. The molecule has 0 atom stereocenters. The number of hydrogen-bond donors (Lipinski definition) is 2. The number of carbonyl (C=O) groups is 1. The van der Waals surface area contributed by atoms with Crippen LogP contribution in [0, 0.1) is 0 Å². The number of anilines is 2. The van der Waals surface area contributed by atoms with Crippen LogP contribution in [0.5, 0.6) is 11.5 Å². The zero-order valence-corrected chi connectivity index (χ0v) is 13.5. The van der Waals surface area contributed by atoms with Crippen molar-refractivity contribution in [3.63, 3.8) is 0 Å². The monoisotopic (exact) mass is 324 g/mol. The average molecular weight is 324 g/mol. The van der Waals surface area contributed by atoms with Gasteiger partial charge in [0.1, 0.15) is 5.75 Å². The van der Waals surface area contributed by atoms with Gasteiger partial charge in [-0.15, -0.1) is 0 Å². The van der Waals surface area contributed by atoms with Gasteiger partial charge < -0.3 is 20.9 Å². The molecule has 1 aliphatic heterocycles. The first-order valence-electron chi connectivity index (χ1n) is 7.77. The van der Waals surface area contributed by atoms with Gasteiger partial charge in [-0.2, -0.15) is 0 Å². The number of ether oxygens (including phenoxy) is 2. The Hall–Kier alpha value is -2.95. The van der Waals surface area contributed by atoms with Crippen molar-refractivity contribution in [2.45, 2.75) is 12.8 Å². The topological polar surface area (TPSA) is 87.6 Å². The van der Waals surface area contributed by atoms with Gasteiger partial charge in [0.05, 0.1) is 25.1 Å². The normalized spacial score (nSPS) is 16.0. The van der Waals surface area contributed by atoms with Gasteiger partial charge >= 0.3 is 0 Å². The highest BCUT2D eigenvalue weighted by Crippen LogP contribution is 2.32. The number of benzene rings is 2. The summed E-state index contributed by atoms with van der Waals surface area (Å²) in [6, 6.07) is 11.0. The van der Waals surface area contributed by atoms with Crippen LogP contribution in [-0.2, 0) is 6.42 Å². The van der Waals surface area contributed by atoms with Crippen LogP contribution in [0.1, 0.15) is 22.3 Å². The summed E-state index contributed by atoms with van der Waals surface area (Å²) in [6.07, 6.45) is 3.12. The van der Waals surface area contributed by atoms with E-state index in [0.717, 1.165) is 16.9 Å². The Morgan fingerprint density at radius 3 is 2.58 bits per heavy atom. The molecular formula is C19H20N2O3. The second-order valence-electron chi connectivity index (χ2n) is 5.67. The number of ketones is 1. The first-order chi connectivity index (χ1) is 11.6. The summed E-state index contributed by atoms with van der Waals surface area (Å²) in [6.45, 7) is 0.542. The fraction of sp³-hybridized carbons (Fsp3) is 0.211. The van der Waals surface area contributed by atoms with Crippen molar-refractivity contribution in [3.05, 3.63) is 59.2 Å². The third kappa shape index (κ3) is 3.06. The fourth-order valence-corrected chi connectivity index (χ4v) is 2.87. The summed E-state index contributed by atoms with van der Waals surface area (Å²) < 4.78 is 10.9. The molecule has 124 valence electrons. The Balaban J connectivity index is 1.94. The van der Waals surface area contributed by atoms with E-state index < -0.39 is 0 Å². The number of rotatable bonds is 3. The van der Waals surface area contributed by atoms with E-state index in [0.29, 0.717) is 42.1 Å². The lowest BCUT2D eigenvalue weighted by Gasteiger charge is -2.16. The largest absolute Gasteiger partial charge is 0.493 e. The van der Waals surface area contributed by atoms with Gasteiger partial charge in [-0.1, -0.05) is 24.3 Å². The lowest BCUT2D eigenvalue weighted by molar-refractivity contribution is 0.103. The predicted molar refractivity (Wildman–Crippen MR) is 94.5 cm³/mol. The molecule has 0 spiro atoms. The van der Waals surface area contributed by atoms with Gasteiger partial charge in [0.2, 0.25) is 0 Å². The molecule has 24 heavy (non-hydrogen) atoms. The highest BCUT2D eigenvalue weighted by Gasteiger charge is 2.19. The standard InChI is InChI=1S/C19H20N2O3/c1-23-19-15(20)10-14(11-16(19)21)18(22)13-6-4-8-24-17-7-3-2-5-12(17)9-13/h2-3,5-7,10-11H,4,8-9,20-21H2,1H3/b13-6-. The van der Waals surface area contributed by atoms with Gasteiger partial charge in [0.25, 0.3) is 0 Å². The van der Waals surface area contributed by atoms with Crippen LogP contribution in [0.4, 0.5) is 11.4 Å². The molecule has 2 aromatic carbocycles. The Kier molecular flexibility index (Phi) is 4.42. The van der Waals surface area contributed by atoms with Gasteiger partial charge in [-0.25, -0.2) is 0 Å². The summed E-state index contributed by atoms with van der Waals surface area (Å²) in [7, 11) is 1.50. The van der Waals surface area contributed by atoms with Crippen molar-refractivity contribution in [2.24, 2.45) is 0 Å². The molecule has 3 rings (SSSR count). The van der Waals surface area contributed by atoms with Crippen LogP contribution in [0.2, 0.25) is 0 Å². The van der Waals surface area contributed by atoms with Gasteiger partial charge in [0.15, 0.2) is 11.5 Å². The smallest absolute Gasteiger partial charge is 0.189 e. The summed E-state index contributed by atoms with van der Waals surface area (Å²) in [5.74, 6) is 1.15. The van der Waals surface area contributed by atoms with Crippen LogP contribution in [-0.4, -0.2) is 19.5 Å². The molecule has 5 nitrogen and oxygen atoms in total. The molecule has 1 aliphatic rings. The number of nitrogens with two attached hydrogens (primary N) is 2. The zero-order chi connectivity index (χ0) is 17.1. The minimum absolute atomic E-state index is 0.0762. The lowest BCUT2D eigenvalue weighted by Crippen LogP contribution is -2.12. The number of carbonyl (C=O) groups excluding carboxylic acids is 1. The minimum atomic E-state index is -0.0762. The summed E-state index contributed by atoms with van der Waals surface area (Å²) in [4.78, 5) is 12.9. The average Bonchev–Trinajstić information content (AvgIpc) is 2.54. The van der Waals surface area contributed by atoms with E-state index in [1.54, 1.807) is 12.1 Å².